The lowest BCUT2D eigenvalue weighted by atomic mass is 9.51. The molecule has 0 radical (unpaired) electrons. The zero-order valence-electron chi connectivity index (χ0n) is 15.2. The Kier molecular flexibility index (Phi) is 6.17. The molecule has 0 saturated carbocycles. The summed E-state index contributed by atoms with van der Waals surface area (Å²) in [5, 5.41) is 19.2. The SMILES string of the molecule is CC(C)(C)C(CN(C(=O)O)C(=O)O)(c1c(Cl)ccnc1Br)C(C)(C)C. The minimum absolute atomic E-state index is 0.269. The highest BCUT2D eigenvalue weighted by Crippen LogP contribution is 2.56. The van der Waals surface area contributed by atoms with Crippen molar-refractivity contribution < 1.29 is 19.8 Å². The Morgan fingerprint density at radius 3 is 1.88 bits per heavy atom. The molecule has 0 fully saturated rings. The predicted molar refractivity (Wildman–Crippen MR) is 100 cm³/mol. The summed E-state index contributed by atoms with van der Waals surface area (Å²) in [7, 11) is 0. The number of nitrogens with zero attached hydrogens (tertiary/aromatic N) is 2. The highest BCUT2D eigenvalue weighted by atomic mass is 79.9. The van der Waals surface area contributed by atoms with E-state index in [1.54, 1.807) is 6.07 Å². The molecule has 0 aliphatic carbocycles. The third kappa shape index (κ3) is 3.92. The highest BCUT2D eigenvalue weighted by Gasteiger charge is 2.56. The van der Waals surface area contributed by atoms with Crippen LogP contribution in [-0.2, 0) is 5.41 Å². The van der Waals surface area contributed by atoms with Crippen LogP contribution in [0.5, 0.6) is 0 Å². The monoisotopic (exact) mass is 434 g/mol. The third-order valence-corrected chi connectivity index (χ3v) is 5.61. The van der Waals surface area contributed by atoms with Crippen molar-refractivity contribution in [1.82, 2.24) is 9.88 Å². The van der Waals surface area contributed by atoms with Crippen molar-refractivity contribution in [3.05, 3.63) is 27.5 Å². The molecule has 1 aromatic rings. The molecular weight excluding hydrogens is 412 g/mol. The molecule has 0 saturated heterocycles. The van der Waals surface area contributed by atoms with Crippen LogP contribution in [-0.4, -0.2) is 38.8 Å². The Bertz CT molecular complexity index is 632. The maximum absolute atomic E-state index is 11.6. The van der Waals surface area contributed by atoms with E-state index in [4.69, 9.17) is 11.6 Å². The smallest absolute Gasteiger partial charge is 0.416 e. The van der Waals surface area contributed by atoms with E-state index in [2.05, 4.69) is 20.9 Å². The number of carboxylic acid groups (broad SMARTS) is 2. The van der Waals surface area contributed by atoms with E-state index < -0.39 is 28.4 Å². The molecule has 0 aliphatic heterocycles. The second-order valence-corrected chi connectivity index (χ2v) is 9.17. The first-order chi connectivity index (χ1) is 11.2. The van der Waals surface area contributed by atoms with Crippen LogP contribution in [0.25, 0.3) is 0 Å². The minimum atomic E-state index is -1.53. The molecule has 25 heavy (non-hydrogen) atoms. The Labute approximate surface area is 161 Å². The normalized spacial score (nSPS) is 12.8. The van der Waals surface area contributed by atoms with Gasteiger partial charge in [-0.25, -0.2) is 19.5 Å². The lowest BCUT2D eigenvalue weighted by Gasteiger charge is -2.55. The van der Waals surface area contributed by atoms with Crippen molar-refractivity contribution in [1.29, 1.82) is 0 Å². The molecule has 2 amide bonds. The van der Waals surface area contributed by atoms with Gasteiger partial charge in [-0.3, -0.25) is 0 Å². The predicted octanol–water partition coefficient (Wildman–Crippen LogP) is 5.49. The number of imide groups is 1. The van der Waals surface area contributed by atoms with Gasteiger partial charge in [-0.2, -0.15) is 0 Å². The zero-order chi connectivity index (χ0) is 19.8. The van der Waals surface area contributed by atoms with E-state index in [1.165, 1.54) is 6.20 Å². The van der Waals surface area contributed by atoms with Crippen molar-refractivity contribution in [2.24, 2.45) is 10.8 Å². The number of carbonyl (C=O) groups is 2. The molecule has 0 aromatic carbocycles. The number of hydrogen-bond acceptors (Lipinski definition) is 3. The average molecular weight is 436 g/mol. The van der Waals surface area contributed by atoms with Gasteiger partial charge in [0.05, 0.1) is 0 Å². The van der Waals surface area contributed by atoms with Crippen LogP contribution >= 0.6 is 27.5 Å². The summed E-state index contributed by atoms with van der Waals surface area (Å²) in [6.07, 6.45) is -1.51. The van der Waals surface area contributed by atoms with Gasteiger partial charge in [0.2, 0.25) is 0 Å². The van der Waals surface area contributed by atoms with Crippen LogP contribution in [0.4, 0.5) is 9.59 Å². The van der Waals surface area contributed by atoms with E-state index in [0.29, 0.717) is 20.1 Å². The fourth-order valence-electron chi connectivity index (χ4n) is 3.68. The lowest BCUT2D eigenvalue weighted by molar-refractivity contribution is 0.0185. The van der Waals surface area contributed by atoms with Crippen LogP contribution in [0.1, 0.15) is 47.1 Å². The summed E-state index contributed by atoms with van der Waals surface area (Å²) < 4.78 is 0.473. The largest absolute Gasteiger partial charge is 0.465 e. The Balaban J connectivity index is 3.90. The second kappa shape index (κ2) is 7.11. The first kappa shape index (κ1) is 21.7. The van der Waals surface area contributed by atoms with E-state index >= 15 is 0 Å². The van der Waals surface area contributed by atoms with Gasteiger partial charge >= 0.3 is 12.2 Å². The van der Waals surface area contributed by atoms with Gasteiger partial charge in [-0.1, -0.05) is 53.1 Å². The number of aromatic nitrogens is 1. The van der Waals surface area contributed by atoms with Crippen LogP contribution < -0.4 is 0 Å². The maximum Gasteiger partial charge on any atom is 0.416 e. The molecule has 1 rings (SSSR count). The molecule has 1 aromatic heterocycles. The summed E-state index contributed by atoms with van der Waals surface area (Å²) in [6, 6.07) is 1.62. The Morgan fingerprint density at radius 1 is 1.12 bits per heavy atom. The average Bonchev–Trinajstić information content (AvgIpc) is 2.38. The molecule has 140 valence electrons. The van der Waals surface area contributed by atoms with E-state index in [1.807, 2.05) is 41.5 Å². The lowest BCUT2D eigenvalue weighted by Crippen LogP contribution is -2.59. The summed E-state index contributed by atoms with van der Waals surface area (Å²) in [5.41, 5.74) is -1.42. The molecule has 6 nitrogen and oxygen atoms in total. The Hall–Kier alpha value is -1.34. The van der Waals surface area contributed by atoms with Crippen molar-refractivity contribution in [3.63, 3.8) is 0 Å². The highest BCUT2D eigenvalue weighted by molar-refractivity contribution is 9.10. The number of rotatable bonds is 3. The third-order valence-electron chi connectivity index (χ3n) is 4.70. The molecule has 0 unspecified atom stereocenters. The molecule has 8 heteroatoms. The quantitative estimate of drug-likeness (QED) is 0.613. The molecule has 0 bridgehead atoms. The molecule has 1 heterocycles. The molecule has 2 N–H and O–H groups in total. The first-order valence-corrected chi connectivity index (χ1v) is 8.88. The summed E-state index contributed by atoms with van der Waals surface area (Å²) in [4.78, 5) is 27.8. The molecule has 0 spiro atoms. The minimum Gasteiger partial charge on any atom is -0.465 e. The van der Waals surface area contributed by atoms with Crippen LogP contribution in [0, 0.1) is 10.8 Å². The van der Waals surface area contributed by atoms with Crippen LogP contribution in [0.2, 0.25) is 5.02 Å². The van der Waals surface area contributed by atoms with E-state index in [9.17, 15) is 19.8 Å². The van der Waals surface area contributed by atoms with Crippen molar-refractivity contribution in [2.75, 3.05) is 6.54 Å². The Morgan fingerprint density at radius 2 is 1.56 bits per heavy atom. The van der Waals surface area contributed by atoms with Crippen LogP contribution in [0.3, 0.4) is 0 Å². The van der Waals surface area contributed by atoms with Crippen molar-refractivity contribution >= 4 is 39.7 Å². The molecule has 0 aliphatic rings. The van der Waals surface area contributed by atoms with Gasteiger partial charge in [0.15, 0.2) is 0 Å². The van der Waals surface area contributed by atoms with Gasteiger partial charge in [-0.05, 0) is 32.8 Å². The summed E-state index contributed by atoms with van der Waals surface area (Å²) >= 11 is 9.91. The molecular formula is C17H24BrClN2O4. The van der Waals surface area contributed by atoms with Crippen molar-refractivity contribution in [2.45, 2.75) is 47.0 Å². The standard InChI is InChI=1S/C17H24BrClN2O4/c1-15(2,3)17(16(4,5)6,9-21(13(22)23)14(24)25)11-10(19)7-8-20-12(11)18/h7-8H,9H2,1-6H3,(H,22,23)(H,24,25). The van der Waals surface area contributed by atoms with Crippen molar-refractivity contribution in [3.8, 4) is 0 Å². The molecule has 0 atom stereocenters. The summed E-state index contributed by atoms with van der Waals surface area (Å²) in [6.45, 7) is 11.4. The first-order valence-electron chi connectivity index (χ1n) is 7.70. The maximum atomic E-state index is 11.6. The topological polar surface area (TPSA) is 90.7 Å². The van der Waals surface area contributed by atoms with Gasteiger partial charge in [0.25, 0.3) is 0 Å². The summed E-state index contributed by atoms with van der Waals surface area (Å²) in [5.74, 6) is 0. The van der Waals surface area contributed by atoms with Gasteiger partial charge in [0.1, 0.15) is 4.60 Å². The number of hydrogen-bond donors (Lipinski definition) is 2. The number of pyridine rings is 1. The van der Waals surface area contributed by atoms with Gasteiger partial charge in [0, 0.05) is 28.7 Å². The van der Waals surface area contributed by atoms with Gasteiger partial charge in [-0.15, -0.1) is 0 Å². The van der Waals surface area contributed by atoms with Gasteiger partial charge < -0.3 is 10.2 Å². The van der Waals surface area contributed by atoms with E-state index in [0.717, 1.165) is 0 Å². The number of amides is 2. The fraction of sp³-hybridized carbons (Fsp3) is 0.588. The zero-order valence-corrected chi connectivity index (χ0v) is 17.6. The van der Waals surface area contributed by atoms with E-state index in [-0.39, 0.29) is 6.54 Å². The number of halogens is 2. The van der Waals surface area contributed by atoms with Crippen LogP contribution in [0.15, 0.2) is 16.9 Å². The fourth-order valence-corrected chi connectivity index (χ4v) is 4.77. The second-order valence-electron chi connectivity index (χ2n) is 8.02.